The Kier molecular flexibility index (Phi) is 4.98. The first-order valence-electron chi connectivity index (χ1n) is 6.83. The number of hydrogen-bond donors (Lipinski definition) is 1. The monoisotopic (exact) mass is 262 g/mol. The highest BCUT2D eigenvalue weighted by Crippen LogP contribution is 2.22. The van der Waals surface area contributed by atoms with Crippen LogP contribution < -0.4 is 5.73 Å². The van der Waals surface area contributed by atoms with E-state index in [1.54, 1.807) is 0 Å². The normalized spacial score (nSPS) is 11.7. The van der Waals surface area contributed by atoms with Gasteiger partial charge in [0.25, 0.3) is 0 Å². The third-order valence-corrected chi connectivity index (χ3v) is 2.93. The summed E-state index contributed by atoms with van der Waals surface area (Å²) in [6.07, 6.45) is 0.563. The fourth-order valence-corrected chi connectivity index (χ4v) is 2.00. The average Bonchev–Trinajstić information content (AvgIpc) is 2.23. The number of carbonyl (C=O) groups is 1. The van der Waals surface area contributed by atoms with Gasteiger partial charge in [-0.05, 0) is 37.0 Å². The van der Waals surface area contributed by atoms with E-state index in [0.717, 1.165) is 11.3 Å². The van der Waals surface area contributed by atoms with Gasteiger partial charge in [-0.3, -0.25) is 4.79 Å². The van der Waals surface area contributed by atoms with Gasteiger partial charge in [0.05, 0.1) is 0 Å². The molecule has 0 unspecified atom stereocenters. The van der Waals surface area contributed by atoms with Gasteiger partial charge in [-0.15, -0.1) is 0 Å². The Morgan fingerprint density at radius 1 is 1.32 bits per heavy atom. The van der Waals surface area contributed by atoms with Crippen LogP contribution in [0.25, 0.3) is 0 Å². The molecule has 0 spiro atoms. The summed E-state index contributed by atoms with van der Waals surface area (Å²) in [6, 6.07) is 7.92. The third kappa shape index (κ3) is 5.33. The summed E-state index contributed by atoms with van der Waals surface area (Å²) in [7, 11) is 0. The molecule has 1 amide bonds. The van der Waals surface area contributed by atoms with Crippen molar-refractivity contribution in [1.29, 1.82) is 0 Å². The molecule has 106 valence electrons. The second-order valence-electron chi connectivity index (χ2n) is 6.60. The first-order valence-corrected chi connectivity index (χ1v) is 6.83. The molecule has 0 bridgehead atoms. The number of nitrogens with zero attached hydrogens (tertiary/aromatic N) is 1. The number of benzene rings is 1. The van der Waals surface area contributed by atoms with E-state index < -0.39 is 0 Å². The van der Waals surface area contributed by atoms with Crippen molar-refractivity contribution in [3.63, 3.8) is 0 Å². The number of carbonyl (C=O) groups excluding carboxylic acids is 1. The van der Waals surface area contributed by atoms with E-state index >= 15 is 0 Å². The lowest BCUT2D eigenvalue weighted by atomic mass is 9.91. The van der Waals surface area contributed by atoms with Crippen LogP contribution in [-0.4, -0.2) is 16.8 Å². The quantitative estimate of drug-likeness (QED) is 0.845. The number of amides is 1. The van der Waals surface area contributed by atoms with Gasteiger partial charge in [0.2, 0.25) is 5.91 Å². The molecule has 0 aliphatic carbocycles. The molecule has 0 heterocycles. The molecule has 0 atom stereocenters. The average molecular weight is 262 g/mol. The van der Waals surface area contributed by atoms with Crippen molar-refractivity contribution in [2.75, 3.05) is 5.73 Å². The number of nitrogen functional groups attached to an aromatic ring is 1. The van der Waals surface area contributed by atoms with Gasteiger partial charge in [-0.2, -0.15) is 0 Å². The Morgan fingerprint density at radius 3 is 2.42 bits per heavy atom. The molecule has 0 aliphatic rings. The number of hydrogen-bond acceptors (Lipinski definition) is 2. The second kappa shape index (κ2) is 6.09. The van der Waals surface area contributed by atoms with Crippen LogP contribution in [0.3, 0.4) is 0 Å². The van der Waals surface area contributed by atoms with Gasteiger partial charge >= 0.3 is 0 Å². The van der Waals surface area contributed by atoms with Gasteiger partial charge in [0, 0.05) is 24.7 Å². The Hall–Kier alpha value is -1.51. The highest BCUT2D eigenvalue weighted by atomic mass is 16.2. The highest BCUT2D eigenvalue weighted by molar-refractivity contribution is 5.77. The predicted molar refractivity (Wildman–Crippen MR) is 80.6 cm³/mol. The van der Waals surface area contributed by atoms with E-state index in [2.05, 4.69) is 20.8 Å². The Morgan fingerprint density at radius 2 is 1.95 bits per heavy atom. The van der Waals surface area contributed by atoms with Crippen molar-refractivity contribution < 1.29 is 4.79 Å². The summed E-state index contributed by atoms with van der Waals surface area (Å²) in [5.41, 5.74) is 7.62. The lowest BCUT2D eigenvalue weighted by molar-refractivity contribution is -0.135. The molecule has 19 heavy (non-hydrogen) atoms. The maximum atomic E-state index is 12.4. The molecule has 0 aromatic heterocycles. The Labute approximate surface area is 116 Å². The summed E-state index contributed by atoms with van der Waals surface area (Å²) in [6.45, 7) is 11.0. The fraction of sp³-hybridized carbons (Fsp3) is 0.562. The van der Waals surface area contributed by atoms with Crippen molar-refractivity contribution in [2.45, 2.75) is 53.6 Å². The van der Waals surface area contributed by atoms with Crippen LogP contribution in [0.15, 0.2) is 24.3 Å². The number of rotatable bonds is 4. The zero-order valence-corrected chi connectivity index (χ0v) is 12.7. The van der Waals surface area contributed by atoms with Crippen LogP contribution in [0.2, 0.25) is 0 Å². The van der Waals surface area contributed by atoms with Crippen molar-refractivity contribution in [1.82, 2.24) is 4.90 Å². The molecule has 0 aliphatic heterocycles. The van der Waals surface area contributed by atoms with E-state index in [1.807, 2.05) is 43.0 Å². The maximum absolute atomic E-state index is 12.4. The molecule has 2 N–H and O–H groups in total. The Bertz CT molecular complexity index is 433. The predicted octanol–water partition coefficient (Wildman–Crippen LogP) is 3.44. The van der Waals surface area contributed by atoms with E-state index in [1.165, 1.54) is 0 Å². The SMILES string of the molecule is CC(C)N(Cc1cccc(N)c1)C(=O)CC(C)(C)C. The van der Waals surface area contributed by atoms with Crippen molar-refractivity contribution in [2.24, 2.45) is 5.41 Å². The molecular weight excluding hydrogens is 236 g/mol. The third-order valence-electron chi connectivity index (χ3n) is 2.93. The van der Waals surface area contributed by atoms with Crippen LogP contribution >= 0.6 is 0 Å². The molecule has 0 fully saturated rings. The molecule has 0 saturated carbocycles. The lowest BCUT2D eigenvalue weighted by Crippen LogP contribution is -2.38. The summed E-state index contributed by atoms with van der Waals surface area (Å²) in [5.74, 6) is 0.199. The van der Waals surface area contributed by atoms with Gasteiger partial charge < -0.3 is 10.6 Å². The standard InChI is InChI=1S/C16H26N2O/c1-12(2)18(15(19)10-16(3,4)5)11-13-7-6-8-14(17)9-13/h6-9,12H,10-11,17H2,1-5H3. The Balaban J connectivity index is 2.81. The van der Waals surface area contributed by atoms with Crippen molar-refractivity contribution in [3.8, 4) is 0 Å². The first-order chi connectivity index (χ1) is 8.69. The molecular formula is C16H26N2O. The molecule has 0 saturated heterocycles. The van der Waals surface area contributed by atoms with E-state index in [4.69, 9.17) is 5.73 Å². The number of nitrogens with two attached hydrogens (primary N) is 1. The molecule has 1 rings (SSSR count). The van der Waals surface area contributed by atoms with Gasteiger partial charge in [-0.1, -0.05) is 32.9 Å². The number of anilines is 1. The summed E-state index contributed by atoms with van der Waals surface area (Å²) < 4.78 is 0. The zero-order valence-electron chi connectivity index (χ0n) is 12.7. The largest absolute Gasteiger partial charge is 0.399 e. The fourth-order valence-electron chi connectivity index (χ4n) is 2.00. The van der Waals surface area contributed by atoms with Crippen molar-refractivity contribution >= 4 is 11.6 Å². The van der Waals surface area contributed by atoms with Crippen molar-refractivity contribution in [3.05, 3.63) is 29.8 Å². The second-order valence-corrected chi connectivity index (χ2v) is 6.60. The van der Waals surface area contributed by atoms with Crippen LogP contribution in [-0.2, 0) is 11.3 Å². The van der Waals surface area contributed by atoms with Crippen LogP contribution in [0.5, 0.6) is 0 Å². The van der Waals surface area contributed by atoms with Crippen LogP contribution in [0.1, 0.15) is 46.6 Å². The van der Waals surface area contributed by atoms with E-state index in [-0.39, 0.29) is 17.4 Å². The zero-order chi connectivity index (χ0) is 14.6. The molecule has 1 aromatic rings. The minimum absolute atomic E-state index is 0.0138. The van der Waals surface area contributed by atoms with E-state index in [9.17, 15) is 4.79 Å². The lowest BCUT2D eigenvalue weighted by Gasteiger charge is -2.30. The minimum Gasteiger partial charge on any atom is -0.399 e. The van der Waals surface area contributed by atoms with Crippen LogP contribution in [0.4, 0.5) is 5.69 Å². The maximum Gasteiger partial charge on any atom is 0.223 e. The summed E-state index contributed by atoms with van der Waals surface area (Å²) in [5, 5.41) is 0. The topological polar surface area (TPSA) is 46.3 Å². The van der Waals surface area contributed by atoms with Crippen LogP contribution in [0, 0.1) is 5.41 Å². The van der Waals surface area contributed by atoms with E-state index in [0.29, 0.717) is 13.0 Å². The molecule has 3 heteroatoms. The van der Waals surface area contributed by atoms with Gasteiger partial charge in [0.15, 0.2) is 0 Å². The first kappa shape index (κ1) is 15.5. The smallest absolute Gasteiger partial charge is 0.223 e. The molecule has 1 aromatic carbocycles. The molecule has 3 nitrogen and oxygen atoms in total. The highest BCUT2D eigenvalue weighted by Gasteiger charge is 2.23. The molecule has 0 radical (unpaired) electrons. The summed E-state index contributed by atoms with van der Waals surface area (Å²) >= 11 is 0. The minimum atomic E-state index is 0.0138. The van der Waals surface area contributed by atoms with Gasteiger partial charge in [-0.25, -0.2) is 0 Å². The van der Waals surface area contributed by atoms with Gasteiger partial charge in [0.1, 0.15) is 0 Å². The summed E-state index contributed by atoms with van der Waals surface area (Å²) in [4.78, 5) is 14.3.